The zero-order chi connectivity index (χ0) is 68.2. The second-order valence-electron chi connectivity index (χ2n) is 25.7. The van der Waals surface area contributed by atoms with Gasteiger partial charge in [0.2, 0.25) is 5.91 Å². The minimum absolute atomic E-state index is 0.158. The van der Waals surface area contributed by atoms with Gasteiger partial charge in [0.25, 0.3) is 0 Å². The molecular formula is C75H129NO18. The van der Waals surface area contributed by atoms with Gasteiger partial charge < -0.3 is 89.9 Å². The molecule has 3 fully saturated rings. The predicted molar refractivity (Wildman–Crippen MR) is 369 cm³/mol. The number of nitrogens with one attached hydrogen (secondary N) is 1. The second kappa shape index (κ2) is 55.6. The minimum Gasteiger partial charge on any atom is -0.394 e. The average Bonchev–Trinajstić information content (AvgIpc) is 0.787. The van der Waals surface area contributed by atoms with Crippen molar-refractivity contribution >= 4 is 5.91 Å². The average molecular weight is 1330 g/mol. The Bertz CT molecular complexity index is 2080. The molecule has 3 rings (SSSR count). The lowest BCUT2D eigenvalue weighted by Crippen LogP contribution is -2.66. The van der Waals surface area contributed by atoms with Gasteiger partial charge in [-0.1, -0.05) is 259 Å². The van der Waals surface area contributed by atoms with Gasteiger partial charge in [0.15, 0.2) is 18.9 Å². The van der Waals surface area contributed by atoms with Crippen LogP contribution in [0.4, 0.5) is 0 Å². The first-order valence-corrected chi connectivity index (χ1v) is 36.5. The van der Waals surface area contributed by atoms with Crippen LogP contribution in [0.5, 0.6) is 0 Å². The molecule has 1 amide bonds. The number of aliphatic hydroxyl groups is 11. The van der Waals surface area contributed by atoms with Crippen LogP contribution >= 0.6 is 0 Å². The van der Waals surface area contributed by atoms with E-state index in [4.69, 9.17) is 28.4 Å². The SMILES string of the molecule is CC/C=C\C/C=C\C/C=C\C/C=C\C/C=C\C/C=C\C/C=C\CCCC(=O)NC(COC1OC(CO)C(OC2OC(CO)C(OC3OC(CO)C(O)C(O)C3O)C(O)C2O)C(O)C1O)C(O)/C=C/CCCCCCCCCCCCCCCCCCCCCCCCCC. The molecule has 3 aliphatic heterocycles. The predicted octanol–water partition coefficient (Wildman–Crippen LogP) is 10.4. The Hall–Kier alpha value is -3.29. The maximum atomic E-state index is 13.4. The van der Waals surface area contributed by atoms with Gasteiger partial charge in [-0.25, -0.2) is 0 Å². The number of carbonyl (C=O) groups is 1. The van der Waals surface area contributed by atoms with Crippen molar-refractivity contribution in [1.29, 1.82) is 0 Å². The monoisotopic (exact) mass is 1330 g/mol. The van der Waals surface area contributed by atoms with Gasteiger partial charge in [0.05, 0.1) is 38.6 Å². The second-order valence-corrected chi connectivity index (χ2v) is 25.7. The van der Waals surface area contributed by atoms with E-state index in [1.165, 1.54) is 135 Å². The highest BCUT2D eigenvalue weighted by Crippen LogP contribution is 2.33. The topological polar surface area (TPSA) is 307 Å². The molecule has 0 radical (unpaired) electrons. The number of aliphatic hydroxyl groups excluding tert-OH is 11. The molecule has 3 saturated heterocycles. The normalized spacial score (nSPS) is 27.9. The molecule has 0 saturated carbocycles. The maximum Gasteiger partial charge on any atom is 0.220 e. The summed E-state index contributed by atoms with van der Waals surface area (Å²) in [7, 11) is 0. The first-order chi connectivity index (χ1) is 45.8. The zero-order valence-electron chi connectivity index (χ0n) is 57.4. The molecule has 0 aliphatic carbocycles. The number of carbonyl (C=O) groups excluding carboxylic acids is 1. The van der Waals surface area contributed by atoms with Gasteiger partial charge >= 0.3 is 0 Å². The maximum absolute atomic E-state index is 13.4. The first kappa shape index (κ1) is 84.9. The van der Waals surface area contributed by atoms with Crippen LogP contribution in [0, 0.1) is 0 Å². The lowest BCUT2D eigenvalue weighted by Gasteiger charge is -2.48. The molecule has 17 unspecified atom stereocenters. The minimum atomic E-state index is -1.99. The van der Waals surface area contributed by atoms with E-state index in [2.05, 4.69) is 98.2 Å². The number of unbranched alkanes of at least 4 members (excludes halogenated alkanes) is 25. The summed E-state index contributed by atoms with van der Waals surface area (Å²) in [6, 6.07) is -1.01. The summed E-state index contributed by atoms with van der Waals surface area (Å²) < 4.78 is 34.3. The van der Waals surface area contributed by atoms with E-state index in [9.17, 15) is 61.0 Å². The molecule has 0 spiro atoms. The summed E-state index contributed by atoms with van der Waals surface area (Å²) in [6.45, 7) is 1.59. The molecule has 0 aromatic heterocycles. The van der Waals surface area contributed by atoms with E-state index in [1.807, 2.05) is 12.2 Å². The van der Waals surface area contributed by atoms with Crippen LogP contribution in [0.25, 0.3) is 0 Å². The highest BCUT2D eigenvalue weighted by Gasteiger charge is 2.53. The molecule has 3 aliphatic rings. The lowest BCUT2D eigenvalue weighted by atomic mass is 9.96. The number of allylic oxidation sites excluding steroid dienone is 15. The molecule has 12 N–H and O–H groups in total. The fourth-order valence-electron chi connectivity index (χ4n) is 11.8. The molecule has 542 valence electrons. The molecule has 0 aromatic rings. The van der Waals surface area contributed by atoms with Crippen molar-refractivity contribution in [2.75, 3.05) is 26.4 Å². The Labute approximate surface area is 564 Å². The van der Waals surface area contributed by atoms with Gasteiger partial charge in [-0.15, -0.1) is 0 Å². The van der Waals surface area contributed by atoms with Crippen molar-refractivity contribution in [2.24, 2.45) is 0 Å². The van der Waals surface area contributed by atoms with Crippen LogP contribution in [0.2, 0.25) is 0 Å². The molecular weight excluding hydrogens is 1200 g/mol. The third kappa shape index (κ3) is 36.5. The molecule has 0 bridgehead atoms. The van der Waals surface area contributed by atoms with Crippen molar-refractivity contribution in [1.82, 2.24) is 5.32 Å². The van der Waals surface area contributed by atoms with Gasteiger partial charge in [-0.2, -0.15) is 0 Å². The van der Waals surface area contributed by atoms with Crippen molar-refractivity contribution in [2.45, 2.75) is 343 Å². The first-order valence-electron chi connectivity index (χ1n) is 36.5. The molecule has 3 heterocycles. The van der Waals surface area contributed by atoms with E-state index < -0.39 is 124 Å². The third-order valence-electron chi connectivity index (χ3n) is 17.6. The van der Waals surface area contributed by atoms with Crippen molar-refractivity contribution in [3.63, 3.8) is 0 Å². The van der Waals surface area contributed by atoms with Crippen LogP contribution in [0.3, 0.4) is 0 Å². The number of rotatable bonds is 55. The van der Waals surface area contributed by atoms with Gasteiger partial charge in [-0.3, -0.25) is 4.79 Å². The Morgan fingerprint density at radius 2 is 0.734 bits per heavy atom. The standard InChI is InChI=1S/C75H129NO18/c1-3-5-7-9-11-13-15-17-19-21-23-25-27-28-29-31-32-34-36-38-40-42-44-46-48-50-52-59(80)58(76-63(81)53-51-49-47-45-43-41-39-37-35-33-30-26-24-22-20-18-16-14-12-10-8-6-4-2)57-89-73-69(87)66(84)71(61(55-78)91-73)94-75-70(88)67(85)72(62(56-79)92-75)93-74-68(86)65(83)64(82)60(54-77)90-74/h6,8,12,14,18,20,24,26,33,35,39,41,45,47,50,52,58-62,64-75,77-80,82-88H,3-5,7,9-11,13,15-17,19,21-23,25,27-32,34,36-38,40,42-44,46,48-49,51,53-57H2,1-2H3,(H,76,81)/b8-6-,14-12-,20-18-,26-24-,35-33-,41-39-,47-45-,52-50+. The van der Waals surface area contributed by atoms with Crippen LogP contribution < -0.4 is 5.32 Å². The van der Waals surface area contributed by atoms with Crippen LogP contribution in [-0.4, -0.2) is 193 Å². The summed E-state index contributed by atoms with van der Waals surface area (Å²) in [5, 5.41) is 121. The van der Waals surface area contributed by atoms with Crippen molar-refractivity contribution in [3.8, 4) is 0 Å². The third-order valence-corrected chi connectivity index (χ3v) is 17.6. The van der Waals surface area contributed by atoms with Crippen LogP contribution in [0.1, 0.15) is 239 Å². The molecule has 17 atom stereocenters. The molecule has 19 nitrogen and oxygen atoms in total. The highest BCUT2D eigenvalue weighted by atomic mass is 16.8. The van der Waals surface area contributed by atoms with E-state index in [0.29, 0.717) is 12.8 Å². The summed E-state index contributed by atoms with van der Waals surface area (Å²) >= 11 is 0. The van der Waals surface area contributed by atoms with Gasteiger partial charge in [-0.05, 0) is 70.6 Å². The van der Waals surface area contributed by atoms with Crippen LogP contribution in [-0.2, 0) is 33.2 Å². The molecule has 94 heavy (non-hydrogen) atoms. The zero-order valence-corrected chi connectivity index (χ0v) is 57.4. The van der Waals surface area contributed by atoms with Crippen molar-refractivity contribution in [3.05, 3.63) is 97.2 Å². The van der Waals surface area contributed by atoms with Crippen LogP contribution in [0.15, 0.2) is 97.2 Å². The fraction of sp³-hybridized carbons (Fsp3) is 0.773. The summed E-state index contributed by atoms with van der Waals surface area (Å²) in [4.78, 5) is 13.4. The molecule has 19 heteroatoms. The summed E-state index contributed by atoms with van der Waals surface area (Å²) in [5.74, 6) is -0.335. The Morgan fingerprint density at radius 3 is 1.14 bits per heavy atom. The van der Waals surface area contributed by atoms with E-state index >= 15 is 0 Å². The smallest absolute Gasteiger partial charge is 0.220 e. The quantitative estimate of drug-likeness (QED) is 0.0199. The number of hydrogen-bond donors (Lipinski definition) is 12. The van der Waals surface area contributed by atoms with Gasteiger partial charge in [0.1, 0.15) is 73.2 Å². The van der Waals surface area contributed by atoms with Gasteiger partial charge in [0, 0.05) is 6.42 Å². The summed E-state index contributed by atoms with van der Waals surface area (Å²) in [5.41, 5.74) is 0. The van der Waals surface area contributed by atoms with E-state index in [1.54, 1.807) is 6.08 Å². The molecule has 0 aromatic carbocycles. The van der Waals surface area contributed by atoms with Crippen molar-refractivity contribution < 1.29 is 89.4 Å². The Balaban J connectivity index is 1.45. The lowest BCUT2D eigenvalue weighted by molar-refractivity contribution is -0.379. The number of amides is 1. The Kier molecular flexibility index (Phi) is 50.2. The summed E-state index contributed by atoms with van der Waals surface area (Å²) in [6.07, 6.45) is 46.7. The van der Waals surface area contributed by atoms with E-state index in [0.717, 1.165) is 70.6 Å². The number of ether oxygens (including phenoxy) is 6. The highest BCUT2D eigenvalue weighted by molar-refractivity contribution is 5.76. The van der Waals surface area contributed by atoms with E-state index in [-0.39, 0.29) is 18.9 Å². The Morgan fingerprint density at radius 1 is 0.394 bits per heavy atom. The number of hydrogen-bond acceptors (Lipinski definition) is 18. The largest absolute Gasteiger partial charge is 0.394 e. The fourth-order valence-corrected chi connectivity index (χ4v) is 11.8.